The van der Waals surface area contributed by atoms with Crippen LogP contribution in [-0.4, -0.2) is 34.1 Å². The molecule has 312 valence electrons. The topological polar surface area (TPSA) is 156 Å². The number of rotatable bonds is 15. The fraction of sp³-hybridized carbons (Fsp3) is 0.132. The van der Waals surface area contributed by atoms with Gasteiger partial charge >= 0.3 is 5.97 Å². The molecule has 9 rings (SSSR count). The highest BCUT2D eigenvalue weighted by atomic mass is 16.5. The molecule has 0 saturated heterocycles. The molecule has 0 aliphatic heterocycles. The number of hydrogen-bond donors (Lipinski definition) is 2. The van der Waals surface area contributed by atoms with Gasteiger partial charge in [0.25, 0.3) is 11.8 Å². The van der Waals surface area contributed by atoms with Crippen LogP contribution in [0.15, 0.2) is 141 Å². The van der Waals surface area contributed by atoms with E-state index in [1.54, 1.807) is 13.0 Å². The monoisotopic (exact) mass is 831 g/mol. The largest absolute Gasteiger partial charge is 0.461 e. The molecule has 4 N–H and O–H groups in total. The minimum Gasteiger partial charge on any atom is -0.461 e. The molecule has 0 bridgehead atoms. The predicted molar refractivity (Wildman–Crippen MR) is 252 cm³/mol. The van der Waals surface area contributed by atoms with Crippen LogP contribution in [0.2, 0.25) is 0 Å². The molecule has 0 saturated carbocycles. The lowest BCUT2D eigenvalue weighted by molar-refractivity contribution is 0.0519. The minimum atomic E-state index is -0.632. The van der Waals surface area contributed by atoms with E-state index in [0.29, 0.717) is 36.1 Å². The number of nitrogens with zero attached hydrogens (tertiary/aromatic N) is 3. The number of aromatic nitrogens is 3. The van der Waals surface area contributed by atoms with E-state index in [0.717, 1.165) is 61.8 Å². The third kappa shape index (κ3) is 8.76. The molecule has 3 aromatic heterocycles. The summed E-state index contributed by atoms with van der Waals surface area (Å²) in [5, 5.41) is 6.48. The quantitative estimate of drug-likeness (QED) is 0.0753. The van der Waals surface area contributed by atoms with Gasteiger partial charge in [-0.25, -0.2) is 14.8 Å². The summed E-state index contributed by atoms with van der Waals surface area (Å²) in [7, 11) is 0. The van der Waals surface area contributed by atoms with E-state index in [1.165, 1.54) is 0 Å². The molecular weight excluding hydrogens is 787 g/mol. The van der Waals surface area contributed by atoms with Crippen molar-refractivity contribution in [3.8, 4) is 23.2 Å². The molecule has 1 atom stereocenters. The Morgan fingerprint density at radius 1 is 0.571 bits per heavy atom. The van der Waals surface area contributed by atoms with Gasteiger partial charge in [0.2, 0.25) is 5.89 Å². The van der Waals surface area contributed by atoms with E-state index in [9.17, 15) is 4.79 Å². The molecule has 0 spiro atoms. The van der Waals surface area contributed by atoms with Gasteiger partial charge in [0.1, 0.15) is 0 Å². The Morgan fingerprint density at radius 3 is 1.57 bits per heavy atom. The van der Waals surface area contributed by atoms with Gasteiger partial charge in [-0.05, 0) is 93.5 Å². The van der Waals surface area contributed by atoms with Gasteiger partial charge in [-0.1, -0.05) is 152 Å². The maximum atomic E-state index is 13.5. The van der Waals surface area contributed by atoms with Gasteiger partial charge in [-0.2, -0.15) is 4.98 Å². The second-order valence-corrected chi connectivity index (χ2v) is 15.0. The van der Waals surface area contributed by atoms with Crippen molar-refractivity contribution in [3.05, 3.63) is 173 Å². The predicted octanol–water partition coefficient (Wildman–Crippen LogP) is 12.3. The molecule has 0 unspecified atom stereocenters. The normalized spacial score (nSPS) is 12.5. The SMILES string of the molecule is CCOC(=O)c1nc(-c2nc(-c3nc([C@@H](N)CCCCN)oc3/C=C/c3cccc4ccccc34)oc2/C=C/c2cccc3ccccc23)oc1/C=C/c1cccc2ccccc12. The summed E-state index contributed by atoms with van der Waals surface area (Å²) in [5.41, 5.74) is 16.0. The number of esters is 1. The van der Waals surface area contributed by atoms with Crippen molar-refractivity contribution in [1.82, 2.24) is 15.0 Å². The van der Waals surface area contributed by atoms with Crippen LogP contribution in [0.5, 0.6) is 0 Å². The first-order valence-corrected chi connectivity index (χ1v) is 21.1. The van der Waals surface area contributed by atoms with E-state index in [4.69, 9.17) is 44.4 Å². The molecule has 6 aromatic carbocycles. The van der Waals surface area contributed by atoms with Crippen molar-refractivity contribution in [2.24, 2.45) is 11.5 Å². The molecule has 0 amide bonds. The molecule has 10 nitrogen and oxygen atoms in total. The van der Waals surface area contributed by atoms with Crippen molar-refractivity contribution in [2.75, 3.05) is 13.2 Å². The summed E-state index contributed by atoms with van der Waals surface area (Å²) in [4.78, 5) is 28.1. The van der Waals surface area contributed by atoms with Crippen LogP contribution < -0.4 is 11.5 Å². The van der Waals surface area contributed by atoms with Crippen molar-refractivity contribution >= 4 is 74.7 Å². The number of fused-ring (bicyclic) bond motifs is 3. The van der Waals surface area contributed by atoms with E-state index in [2.05, 4.69) is 48.5 Å². The summed E-state index contributed by atoms with van der Waals surface area (Å²) in [6, 6.07) is 42.2. The van der Waals surface area contributed by atoms with Gasteiger partial charge in [0.15, 0.2) is 34.4 Å². The standard InChI is InChI=1S/C53H45N5O5/c1-2-60-53(59)49-46(32-29-39-22-13-19-36-16-5-8-25-42(36)39)63-52(58-49)48-45(31-28-38-21-12-18-35-15-4-7-24-41(35)38)62-51(57-48)47-44(61-50(56-47)43(55)26-9-10-33-54)30-27-37-20-11-17-34-14-3-6-23-40(34)37/h3-8,11-25,27-32,43H,2,9-10,26,33,54-55H2,1H3/b30-27+,31-28+,32-29+/t43-/m0/s1. The summed E-state index contributed by atoms with van der Waals surface area (Å²) in [6.45, 7) is 2.46. The highest BCUT2D eigenvalue weighted by molar-refractivity contribution is 5.97. The number of oxazole rings is 3. The first kappa shape index (κ1) is 40.7. The molecule has 10 heteroatoms. The average Bonchev–Trinajstić information content (AvgIpc) is 4.07. The van der Waals surface area contributed by atoms with E-state index in [-0.39, 0.29) is 35.5 Å². The highest BCUT2D eigenvalue weighted by Gasteiger charge is 2.28. The number of hydrogen-bond acceptors (Lipinski definition) is 10. The lowest BCUT2D eigenvalue weighted by Gasteiger charge is -2.05. The molecule has 63 heavy (non-hydrogen) atoms. The first-order chi connectivity index (χ1) is 31.0. The number of unbranched alkanes of at least 4 members (excludes halogenated alkanes) is 1. The summed E-state index contributed by atoms with van der Waals surface area (Å²) in [6.07, 6.45) is 13.5. The van der Waals surface area contributed by atoms with Gasteiger partial charge in [-0.15, -0.1) is 0 Å². The summed E-state index contributed by atoms with van der Waals surface area (Å²) < 4.78 is 25.0. The second kappa shape index (κ2) is 18.5. The number of ether oxygens (including phenoxy) is 1. The second-order valence-electron chi connectivity index (χ2n) is 15.0. The van der Waals surface area contributed by atoms with Crippen molar-refractivity contribution in [2.45, 2.75) is 32.2 Å². The third-order valence-electron chi connectivity index (χ3n) is 10.8. The zero-order chi connectivity index (χ0) is 43.1. The van der Waals surface area contributed by atoms with Crippen molar-refractivity contribution < 1.29 is 22.8 Å². The Kier molecular flexibility index (Phi) is 12.0. The smallest absolute Gasteiger partial charge is 0.360 e. The van der Waals surface area contributed by atoms with E-state index in [1.807, 2.05) is 109 Å². The van der Waals surface area contributed by atoms with Crippen LogP contribution in [0.3, 0.4) is 0 Å². The summed E-state index contributed by atoms with van der Waals surface area (Å²) >= 11 is 0. The Hall–Kier alpha value is -7.66. The Bertz CT molecular complexity index is 3150. The zero-order valence-corrected chi connectivity index (χ0v) is 34.7. The van der Waals surface area contributed by atoms with Crippen LogP contribution in [0.4, 0.5) is 0 Å². The average molecular weight is 832 g/mol. The molecule has 3 heterocycles. The van der Waals surface area contributed by atoms with Gasteiger partial charge in [0.05, 0.1) is 12.6 Å². The maximum Gasteiger partial charge on any atom is 0.360 e. The zero-order valence-electron chi connectivity index (χ0n) is 34.7. The maximum absolute atomic E-state index is 13.5. The third-order valence-corrected chi connectivity index (χ3v) is 10.8. The van der Waals surface area contributed by atoms with Gasteiger partial charge < -0.3 is 29.5 Å². The Morgan fingerprint density at radius 2 is 1.03 bits per heavy atom. The fourth-order valence-electron chi connectivity index (χ4n) is 7.68. The molecule has 0 aliphatic carbocycles. The van der Waals surface area contributed by atoms with Crippen LogP contribution >= 0.6 is 0 Å². The Balaban J connectivity index is 1.19. The van der Waals surface area contributed by atoms with E-state index < -0.39 is 12.0 Å². The fourth-order valence-corrected chi connectivity index (χ4v) is 7.68. The van der Waals surface area contributed by atoms with Gasteiger partial charge in [0, 0.05) is 0 Å². The minimum absolute atomic E-state index is 0.00255. The lowest BCUT2D eigenvalue weighted by Crippen LogP contribution is -2.11. The lowest BCUT2D eigenvalue weighted by atomic mass is 10.0. The van der Waals surface area contributed by atoms with Crippen LogP contribution in [0, 0.1) is 0 Å². The van der Waals surface area contributed by atoms with Crippen molar-refractivity contribution in [1.29, 1.82) is 0 Å². The highest BCUT2D eigenvalue weighted by Crippen LogP contribution is 2.36. The molecule has 0 aliphatic rings. The summed E-state index contributed by atoms with van der Waals surface area (Å²) in [5.74, 6) is 0.839. The number of benzene rings is 6. The van der Waals surface area contributed by atoms with E-state index >= 15 is 0 Å². The first-order valence-electron chi connectivity index (χ1n) is 21.1. The van der Waals surface area contributed by atoms with Gasteiger partial charge in [-0.3, -0.25) is 0 Å². The molecular formula is C53H45N5O5. The molecule has 0 fully saturated rings. The molecule has 9 aromatic rings. The number of nitrogens with two attached hydrogens (primary N) is 2. The van der Waals surface area contributed by atoms with Crippen LogP contribution in [-0.2, 0) is 4.74 Å². The van der Waals surface area contributed by atoms with Crippen LogP contribution in [0.1, 0.15) is 82.6 Å². The molecule has 0 radical (unpaired) electrons. The number of carbonyl (C=O) groups excluding carboxylic acids is 1. The number of carbonyl (C=O) groups is 1. The van der Waals surface area contributed by atoms with Crippen LogP contribution in [0.25, 0.3) is 91.9 Å². The Labute approximate surface area is 364 Å². The van der Waals surface area contributed by atoms with Crippen molar-refractivity contribution in [3.63, 3.8) is 0 Å².